The van der Waals surface area contributed by atoms with E-state index in [9.17, 15) is 12.8 Å². The first-order valence-corrected chi connectivity index (χ1v) is 9.13. The molecule has 0 atom stereocenters. The van der Waals surface area contributed by atoms with Crippen LogP contribution in [0.2, 0.25) is 0 Å². The Morgan fingerprint density at radius 1 is 1.31 bits per heavy atom. The van der Waals surface area contributed by atoms with E-state index in [4.69, 9.17) is 15.7 Å². The molecule has 0 unspecified atom stereocenters. The molecular formula is C16H17FN4O4S. The van der Waals surface area contributed by atoms with Gasteiger partial charge in [-0.05, 0) is 24.3 Å². The zero-order valence-corrected chi connectivity index (χ0v) is 14.4. The lowest BCUT2D eigenvalue weighted by Crippen LogP contribution is -2.44. The second-order valence-corrected chi connectivity index (χ2v) is 7.24. The SMILES string of the molecule is NC(=NO)c1cccc(Oc2ccc3c(c2)S(=O)(=O)NCN3CCF)c1. The number of sulfonamides is 1. The van der Waals surface area contributed by atoms with E-state index < -0.39 is 16.7 Å². The van der Waals surface area contributed by atoms with E-state index in [2.05, 4.69) is 9.88 Å². The van der Waals surface area contributed by atoms with Crippen LogP contribution in [0.15, 0.2) is 52.5 Å². The van der Waals surface area contributed by atoms with Gasteiger partial charge in [-0.15, -0.1) is 0 Å². The lowest BCUT2D eigenvalue weighted by molar-refractivity contribution is 0.318. The van der Waals surface area contributed by atoms with Crippen molar-refractivity contribution in [2.45, 2.75) is 4.90 Å². The van der Waals surface area contributed by atoms with E-state index in [1.807, 2.05) is 0 Å². The van der Waals surface area contributed by atoms with Crippen LogP contribution in [-0.4, -0.2) is 39.3 Å². The van der Waals surface area contributed by atoms with Gasteiger partial charge in [0, 0.05) is 18.2 Å². The zero-order chi connectivity index (χ0) is 18.7. The normalized spacial score (nSPS) is 16.2. The summed E-state index contributed by atoms with van der Waals surface area (Å²) in [4.78, 5) is 1.61. The Morgan fingerprint density at radius 2 is 2.08 bits per heavy atom. The summed E-state index contributed by atoms with van der Waals surface area (Å²) in [6, 6.07) is 11.0. The molecule has 26 heavy (non-hydrogen) atoms. The Kier molecular flexibility index (Phi) is 4.96. The first-order chi connectivity index (χ1) is 12.4. The van der Waals surface area contributed by atoms with E-state index in [0.717, 1.165) is 0 Å². The highest BCUT2D eigenvalue weighted by Crippen LogP contribution is 2.33. The number of ether oxygens (including phenoxy) is 1. The van der Waals surface area contributed by atoms with E-state index in [-0.39, 0.29) is 29.7 Å². The molecule has 1 heterocycles. The molecule has 0 radical (unpaired) electrons. The predicted octanol–water partition coefficient (Wildman–Crippen LogP) is 1.60. The van der Waals surface area contributed by atoms with Gasteiger partial charge in [0.05, 0.1) is 12.4 Å². The summed E-state index contributed by atoms with van der Waals surface area (Å²) in [5, 5.41) is 11.7. The van der Waals surface area contributed by atoms with Crippen molar-refractivity contribution in [1.29, 1.82) is 0 Å². The number of nitrogens with zero attached hydrogens (tertiary/aromatic N) is 2. The smallest absolute Gasteiger partial charge is 0.244 e. The third-order valence-corrected chi connectivity index (χ3v) is 5.25. The van der Waals surface area contributed by atoms with Gasteiger partial charge in [0.1, 0.15) is 23.1 Å². The number of halogens is 1. The molecule has 0 aromatic heterocycles. The molecule has 0 saturated heterocycles. The van der Waals surface area contributed by atoms with Crippen molar-refractivity contribution < 1.29 is 22.8 Å². The number of hydrogen-bond acceptors (Lipinski definition) is 6. The van der Waals surface area contributed by atoms with Crippen molar-refractivity contribution in [3.63, 3.8) is 0 Å². The van der Waals surface area contributed by atoms with Gasteiger partial charge in [0.25, 0.3) is 0 Å². The topological polar surface area (TPSA) is 117 Å². The molecule has 1 aliphatic heterocycles. The van der Waals surface area contributed by atoms with Crippen LogP contribution in [0.1, 0.15) is 5.56 Å². The van der Waals surface area contributed by atoms with Crippen molar-refractivity contribution >= 4 is 21.5 Å². The van der Waals surface area contributed by atoms with E-state index in [1.54, 1.807) is 41.3 Å². The zero-order valence-electron chi connectivity index (χ0n) is 13.6. The van der Waals surface area contributed by atoms with Crippen molar-refractivity contribution in [2.75, 3.05) is 24.8 Å². The molecule has 1 aliphatic rings. The van der Waals surface area contributed by atoms with Crippen molar-refractivity contribution in [3.8, 4) is 11.5 Å². The molecule has 0 amide bonds. The number of oxime groups is 1. The minimum absolute atomic E-state index is 0.0152. The fourth-order valence-electron chi connectivity index (χ4n) is 2.57. The average molecular weight is 380 g/mol. The summed E-state index contributed by atoms with van der Waals surface area (Å²) in [5.41, 5.74) is 6.41. The highest BCUT2D eigenvalue weighted by Gasteiger charge is 2.28. The molecule has 2 aromatic carbocycles. The first-order valence-electron chi connectivity index (χ1n) is 7.65. The number of rotatable bonds is 5. The van der Waals surface area contributed by atoms with Crippen LogP contribution in [-0.2, 0) is 10.0 Å². The Bertz CT molecular complexity index is 949. The van der Waals surface area contributed by atoms with Gasteiger partial charge >= 0.3 is 0 Å². The molecule has 138 valence electrons. The number of nitrogens with one attached hydrogen (secondary N) is 1. The van der Waals surface area contributed by atoms with Gasteiger partial charge < -0.3 is 20.6 Å². The Balaban J connectivity index is 1.94. The second kappa shape index (κ2) is 7.18. The summed E-state index contributed by atoms with van der Waals surface area (Å²) in [6.45, 7) is -0.501. The van der Waals surface area contributed by atoms with E-state index in [0.29, 0.717) is 17.0 Å². The molecule has 8 nitrogen and oxygen atoms in total. The lowest BCUT2D eigenvalue weighted by atomic mass is 10.2. The standard InChI is InChI=1S/C16H17FN4O4S/c17-6-7-21-10-19-26(23,24)15-9-13(4-5-14(15)21)25-12-3-1-2-11(8-12)16(18)20-22/h1-5,8-9,19,22H,6-7,10H2,(H2,18,20). The highest BCUT2D eigenvalue weighted by molar-refractivity contribution is 7.89. The minimum Gasteiger partial charge on any atom is -0.457 e. The second-order valence-electron chi connectivity index (χ2n) is 5.50. The summed E-state index contributed by atoms with van der Waals surface area (Å²) in [6.07, 6.45) is 0. The number of nitrogens with two attached hydrogens (primary N) is 1. The number of benzene rings is 2. The first kappa shape index (κ1) is 18.0. The van der Waals surface area contributed by atoms with Gasteiger partial charge in [0.2, 0.25) is 10.0 Å². The third kappa shape index (κ3) is 3.55. The van der Waals surface area contributed by atoms with Crippen LogP contribution in [0.4, 0.5) is 10.1 Å². The quantitative estimate of drug-likeness (QED) is 0.314. The van der Waals surface area contributed by atoms with Crippen LogP contribution >= 0.6 is 0 Å². The average Bonchev–Trinajstić information content (AvgIpc) is 2.64. The largest absolute Gasteiger partial charge is 0.457 e. The maximum absolute atomic E-state index is 12.7. The number of fused-ring (bicyclic) bond motifs is 1. The summed E-state index contributed by atoms with van der Waals surface area (Å²) < 4.78 is 45.3. The molecule has 2 aromatic rings. The lowest BCUT2D eigenvalue weighted by Gasteiger charge is -2.30. The van der Waals surface area contributed by atoms with Gasteiger partial charge in [0.15, 0.2) is 5.84 Å². The molecule has 4 N–H and O–H groups in total. The Morgan fingerprint density at radius 3 is 2.81 bits per heavy atom. The fourth-order valence-corrected chi connectivity index (χ4v) is 3.80. The van der Waals surface area contributed by atoms with Crippen molar-refractivity contribution in [3.05, 3.63) is 48.0 Å². The van der Waals surface area contributed by atoms with Crippen LogP contribution in [0.5, 0.6) is 11.5 Å². The molecule has 10 heteroatoms. The summed E-state index contributed by atoms with van der Waals surface area (Å²) >= 11 is 0. The van der Waals surface area contributed by atoms with Crippen LogP contribution in [0.25, 0.3) is 0 Å². The molecule has 0 fully saturated rings. The summed E-state index contributed by atoms with van der Waals surface area (Å²) in [5.74, 6) is 0.596. The van der Waals surface area contributed by atoms with Crippen LogP contribution in [0, 0.1) is 0 Å². The molecular weight excluding hydrogens is 363 g/mol. The molecule has 0 saturated carbocycles. The number of anilines is 1. The van der Waals surface area contributed by atoms with Crippen LogP contribution in [0.3, 0.4) is 0 Å². The van der Waals surface area contributed by atoms with E-state index in [1.165, 1.54) is 6.07 Å². The van der Waals surface area contributed by atoms with Gasteiger partial charge in [-0.1, -0.05) is 17.3 Å². The number of alkyl halides is 1. The predicted molar refractivity (Wildman–Crippen MR) is 94.0 cm³/mol. The van der Waals surface area contributed by atoms with Crippen molar-refractivity contribution in [2.24, 2.45) is 10.9 Å². The van der Waals surface area contributed by atoms with Crippen molar-refractivity contribution in [1.82, 2.24) is 4.72 Å². The monoisotopic (exact) mass is 380 g/mol. The fraction of sp³-hybridized carbons (Fsp3) is 0.188. The highest BCUT2D eigenvalue weighted by atomic mass is 32.2. The molecule has 0 bridgehead atoms. The number of amidine groups is 1. The summed E-state index contributed by atoms with van der Waals surface area (Å²) in [7, 11) is -3.70. The minimum atomic E-state index is -3.70. The maximum Gasteiger partial charge on any atom is 0.244 e. The van der Waals surface area contributed by atoms with Crippen LogP contribution < -0.4 is 20.1 Å². The molecule has 0 aliphatic carbocycles. The third-order valence-electron chi connectivity index (χ3n) is 3.83. The van der Waals surface area contributed by atoms with Gasteiger partial charge in [-0.2, -0.15) is 4.72 Å². The Labute approximate surface area is 149 Å². The van der Waals surface area contributed by atoms with Gasteiger partial charge in [-0.3, -0.25) is 0 Å². The maximum atomic E-state index is 12.7. The van der Waals surface area contributed by atoms with E-state index >= 15 is 0 Å². The number of hydrogen-bond donors (Lipinski definition) is 3. The molecule has 3 rings (SSSR count). The van der Waals surface area contributed by atoms with Gasteiger partial charge in [-0.25, -0.2) is 12.8 Å². The molecule has 0 spiro atoms. The Hall–Kier alpha value is -2.85.